The van der Waals surface area contributed by atoms with E-state index in [0.29, 0.717) is 23.3 Å². The molecule has 1 atom stereocenters. The summed E-state index contributed by atoms with van der Waals surface area (Å²) < 4.78 is 5.54. The van der Waals surface area contributed by atoms with Crippen molar-refractivity contribution in [3.05, 3.63) is 34.9 Å². The van der Waals surface area contributed by atoms with E-state index in [2.05, 4.69) is 5.32 Å². The minimum atomic E-state index is -0.328. The zero-order chi connectivity index (χ0) is 17.4. The second-order valence-corrected chi connectivity index (χ2v) is 7.07. The van der Waals surface area contributed by atoms with Crippen LogP contribution >= 0.6 is 0 Å². The Morgan fingerprint density at radius 2 is 1.84 bits per heavy atom. The van der Waals surface area contributed by atoms with Crippen molar-refractivity contribution < 1.29 is 19.1 Å². The summed E-state index contributed by atoms with van der Waals surface area (Å²) in [6, 6.07) is 4.99. The van der Waals surface area contributed by atoms with E-state index in [0.717, 1.165) is 38.5 Å². The first-order valence-corrected chi connectivity index (χ1v) is 9.06. The highest BCUT2D eigenvalue weighted by molar-refractivity contribution is 6.22. The third-order valence-corrected chi connectivity index (χ3v) is 5.33. The number of fused-ring (bicyclic) bond motifs is 1. The van der Waals surface area contributed by atoms with Crippen molar-refractivity contribution in [1.29, 1.82) is 0 Å². The second kappa shape index (κ2) is 6.59. The van der Waals surface area contributed by atoms with E-state index in [1.54, 1.807) is 18.2 Å². The van der Waals surface area contributed by atoms with Gasteiger partial charge in [-0.3, -0.25) is 19.3 Å². The van der Waals surface area contributed by atoms with Crippen LogP contribution in [0.25, 0.3) is 0 Å². The van der Waals surface area contributed by atoms with E-state index in [9.17, 15) is 14.4 Å². The van der Waals surface area contributed by atoms with Gasteiger partial charge in [-0.1, -0.05) is 12.8 Å². The Balaban J connectivity index is 1.51. The summed E-state index contributed by atoms with van der Waals surface area (Å²) in [6.45, 7) is 0.968. The van der Waals surface area contributed by atoms with Crippen LogP contribution in [0, 0.1) is 0 Å². The lowest BCUT2D eigenvalue weighted by Gasteiger charge is -2.17. The van der Waals surface area contributed by atoms with Crippen LogP contribution in [0.4, 0.5) is 0 Å². The maximum absolute atomic E-state index is 12.6. The number of hydrogen-bond acceptors (Lipinski definition) is 4. The van der Waals surface area contributed by atoms with Crippen LogP contribution in [-0.2, 0) is 4.74 Å². The van der Waals surface area contributed by atoms with E-state index >= 15 is 0 Å². The second-order valence-electron chi connectivity index (χ2n) is 7.07. The zero-order valence-corrected chi connectivity index (χ0v) is 14.1. The first-order chi connectivity index (χ1) is 12.1. The van der Waals surface area contributed by atoms with Crippen molar-refractivity contribution in [3.63, 3.8) is 0 Å². The summed E-state index contributed by atoms with van der Waals surface area (Å²) in [6.07, 6.45) is 6.03. The molecule has 0 bridgehead atoms. The van der Waals surface area contributed by atoms with Crippen molar-refractivity contribution in [1.82, 2.24) is 10.2 Å². The molecule has 0 aromatic heterocycles. The summed E-state index contributed by atoms with van der Waals surface area (Å²) in [5.41, 5.74) is 1.13. The van der Waals surface area contributed by atoms with Crippen molar-refractivity contribution in [2.75, 3.05) is 13.2 Å². The molecule has 2 heterocycles. The van der Waals surface area contributed by atoms with Crippen LogP contribution in [0.15, 0.2) is 18.2 Å². The summed E-state index contributed by atoms with van der Waals surface area (Å²) in [4.78, 5) is 38.8. The molecule has 1 N–H and O–H groups in total. The molecule has 0 radical (unpaired) electrons. The Bertz CT molecular complexity index is 718. The van der Waals surface area contributed by atoms with E-state index in [1.165, 1.54) is 4.90 Å². The quantitative estimate of drug-likeness (QED) is 0.851. The first kappa shape index (κ1) is 16.3. The van der Waals surface area contributed by atoms with Gasteiger partial charge in [-0.15, -0.1) is 0 Å². The fourth-order valence-corrected chi connectivity index (χ4v) is 3.93. The number of rotatable bonds is 4. The standard InChI is InChI=1S/C19H22N2O4/c22-17(20-13-4-1-2-5-13)12-7-8-15-16(10-12)19(24)21(18(15)23)11-14-6-3-9-25-14/h7-8,10,13-14H,1-6,9,11H2,(H,20,22). The molecular weight excluding hydrogens is 320 g/mol. The molecule has 1 saturated heterocycles. The lowest BCUT2D eigenvalue weighted by molar-refractivity contribution is 0.0475. The number of nitrogens with one attached hydrogen (secondary N) is 1. The summed E-state index contributed by atoms with van der Waals surface area (Å²) in [5, 5.41) is 3.01. The van der Waals surface area contributed by atoms with Crippen LogP contribution in [-0.4, -0.2) is 47.9 Å². The highest BCUT2D eigenvalue weighted by atomic mass is 16.5. The van der Waals surface area contributed by atoms with Crippen LogP contribution in [0.3, 0.4) is 0 Å². The molecule has 25 heavy (non-hydrogen) atoms. The molecule has 2 fully saturated rings. The van der Waals surface area contributed by atoms with Crippen molar-refractivity contribution in [2.45, 2.75) is 50.7 Å². The van der Waals surface area contributed by atoms with Gasteiger partial charge in [-0.2, -0.15) is 0 Å². The normalized spacial score (nSPS) is 23.4. The third kappa shape index (κ3) is 3.06. The minimum Gasteiger partial charge on any atom is -0.376 e. The number of hydrogen-bond donors (Lipinski definition) is 1. The summed E-state index contributed by atoms with van der Waals surface area (Å²) in [7, 11) is 0. The van der Waals surface area contributed by atoms with Gasteiger partial charge in [-0.25, -0.2) is 0 Å². The topological polar surface area (TPSA) is 75.7 Å². The van der Waals surface area contributed by atoms with Gasteiger partial charge in [-0.05, 0) is 43.9 Å². The van der Waals surface area contributed by atoms with Crippen LogP contribution < -0.4 is 5.32 Å². The fourth-order valence-electron chi connectivity index (χ4n) is 3.93. The van der Waals surface area contributed by atoms with Gasteiger partial charge in [0.1, 0.15) is 0 Å². The molecule has 132 valence electrons. The molecule has 1 aromatic rings. The molecule has 1 saturated carbocycles. The highest BCUT2D eigenvalue weighted by Crippen LogP contribution is 2.26. The lowest BCUT2D eigenvalue weighted by Crippen LogP contribution is -2.36. The Morgan fingerprint density at radius 1 is 1.08 bits per heavy atom. The van der Waals surface area contributed by atoms with Crippen LogP contribution in [0.5, 0.6) is 0 Å². The monoisotopic (exact) mass is 342 g/mol. The third-order valence-electron chi connectivity index (χ3n) is 5.33. The van der Waals surface area contributed by atoms with E-state index < -0.39 is 0 Å². The number of nitrogens with zero attached hydrogens (tertiary/aromatic N) is 1. The number of ether oxygens (including phenoxy) is 1. The average Bonchev–Trinajstić information content (AvgIpc) is 3.35. The molecule has 1 aliphatic carbocycles. The van der Waals surface area contributed by atoms with E-state index in [1.807, 2.05) is 0 Å². The van der Waals surface area contributed by atoms with Gasteiger partial charge in [0.2, 0.25) is 0 Å². The van der Waals surface area contributed by atoms with Crippen LogP contribution in [0.2, 0.25) is 0 Å². The molecule has 1 unspecified atom stereocenters. The lowest BCUT2D eigenvalue weighted by atomic mass is 10.0. The summed E-state index contributed by atoms with van der Waals surface area (Å²) in [5.74, 6) is -0.795. The Labute approximate surface area is 146 Å². The largest absolute Gasteiger partial charge is 0.376 e. The Kier molecular flexibility index (Phi) is 4.29. The molecule has 1 aromatic carbocycles. The van der Waals surface area contributed by atoms with Gasteiger partial charge < -0.3 is 10.1 Å². The molecule has 6 heteroatoms. The molecule has 6 nitrogen and oxygen atoms in total. The van der Waals surface area contributed by atoms with Crippen molar-refractivity contribution in [2.24, 2.45) is 0 Å². The molecular formula is C19H22N2O4. The van der Waals surface area contributed by atoms with E-state index in [4.69, 9.17) is 4.74 Å². The smallest absolute Gasteiger partial charge is 0.261 e. The number of imide groups is 1. The predicted octanol–water partition coefficient (Wildman–Crippen LogP) is 2.13. The minimum absolute atomic E-state index is 0.0765. The van der Waals surface area contributed by atoms with E-state index in [-0.39, 0.29) is 36.4 Å². The van der Waals surface area contributed by atoms with Gasteiger partial charge >= 0.3 is 0 Å². The van der Waals surface area contributed by atoms with Crippen molar-refractivity contribution in [3.8, 4) is 0 Å². The fraction of sp³-hybridized carbons (Fsp3) is 0.526. The SMILES string of the molecule is O=C(NC1CCCC1)c1ccc2c(c1)C(=O)N(CC1CCCO1)C2=O. The highest BCUT2D eigenvalue weighted by Gasteiger charge is 2.38. The number of benzene rings is 1. The summed E-state index contributed by atoms with van der Waals surface area (Å²) >= 11 is 0. The molecule has 2 aliphatic heterocycles. The zero-order valence-electron chi connectivity index (χ0n) is 14.1. The number of carbonyl (C=O) groups is 3. The molecule has 3 amide bonds. The first-order valence-electron chi connectivity index (χ1n) is 9.06. The van der Waals surface area contributed by atoms with Gasteiger partial charge in [0.15, 0.2) is 0 Å². The van der Waals surface area contributed by atoms with Gasteiger partial charge in [0, 0.05) is 18.2 Å². The Morgan fingerprint density at radius 3 is 2.56 bits per heavy atom. The Hall–Kier alpha value is -2.21. The van der Waals surface area contributed by atoms with Gasteiger partial charge in [0.25, 0.3) is 17.7 Å². The predicted molar refractivity (Wildman–Crippen MR) is 90.5 cm³/mol. The maximum atomic E-state index is 12.6. The number of amides is 3. The molecule has 3 aliphatic rings. The number of carbonyl (C=O) groups excluding carboxylic acids is 3. The van der Waals surface area contributed by atoms with Crippen LogP contribution in [0.1, 0.15) is 69.6 Å². The molecule has 4 rings (SSSR count). The van der Waals surface area contributed by atoms with Gasteiger partial charge in [0.05, 0.1) is 23.8 Å². The maximum Gasteiger partial charge on any atom is 0.261 e. The average molecular weight is 342 g/mol. The molecule has 0 spiro atoms. The van der Waals surface area contributed by atoms with Crippen molar-refractivity contribution >= 4 is 17.7 Å².